The van der Waals surface area contributed by atoms with Gasteiger partial charge in [-0.2, -0.15) is 0 Å². The smallest absolute Gasteiger partial charge is 0.211 e. The van der Waals surface area contributed by atoms with Gasteiger partial charge in [0.2, 0.25) is 10.0 Å². The molecule has 0 aliphatic rings. The maximum absolute atomic E-state index is 12.0. The molecule has 0 radical (unpaired) electrons. The van der Waals surface area contributed by atoms with Crippen molar-refractivity contribution >= 4 is 10.0 Å². The van der Waals surface area contributed by atoms with Gasteiger partial charge in [0, 0.05) is 24.6 Å². The standard InChI is InChI=1S/C21H33N3O3S/c1-2-3-4-5-6-9-18-28(25,26)23-14-7-8-17-27-21-12-10-20(11-13-21)24-16-15-22-19-24/h10-13,15-16,19,23H,2-9,14,17-18H2,1H3. The minimum atomic E-state index is -3.14. The molecule has 1 aromatic carbocycles. The van der Waals surface area contributed by atoms with Gasteiger partial charge in [0.05, 0.1) is 18.7 Å². The quantitative estimate of drug-likeness (QED) is 0.447. The first kappa shape index (κ1) is 22.4. The first-order valence-electron chi connectivity index (χ1n) is 10.3. The minimum absolute atomic E-state index is 0.235. The van der Waals surface area contributed by atoms with Crippen LogP contribution in [0.5, 0.6) is 5.75 Å². The number of nitrogens with zero attached hydrogens (tertiary/aromatic N) is 2. The fourth-order valence-electron chi connectivity index (χ4n) is 2.92. The highest BCUT2D eigenvalue weighted by Crippen LogP contribution is 2.15. The number of aromatic nitrogens is 2. The van der Waals surface area contributed by atoms with E-state index in [0.29, 0.717) is 13.2 Å². The fourth-order valence-corrected chi connectivity index (χ4v) is 4.10. The molecule has 0 spiro atoms. The van der Waals surface area contributed by atoms with E-state index in [0.717, 1.165) is 43.5 Å². The van der Waals surface area contributed by atoms with Crippen molar-refractivity contribution in [2.75, 3.05) is 18.9 Å². The maximum atomic E-state index is 12.0. The van der Waals surface area contributed by atoms with Gasteiger partial charge in [-0.05, 0) is 43.5 Å². The summed E-state index contributed by atoms with van der Waals surface area (Å²) < 4.78 is 34.3. The van der Waals surface area contributed by atoms with Crippen molar-refractivity contribution in [2.24, 2.45) is 0 Å². The van der Waals surface area contributed by atoms with E-state index in [1.54, 1.807) is 12.5 Å². The molecule has 6 nitrogen and oxygen atoms in total. The molecule has 2 aromatic rings. The molecule has 0 atom stereocenters. The SMILES string of the molecule is CCCCCCCCS(=O)(=O)NCCCCOc1ccc(-n2ccnc2)cc1. The highest BCUT2D eigenvalue weighted by atomic mass is 32.2. The van der Waals surface area contributed by atoms with Crippen molar-refractivity contribution in [3.8, 4) is 11.4 Å². The monoisotopic (exact) mass is 407 g/mol. The third-order valence-corrected chi connectivity index (χ3v) is 6.04. The number of nitrogens with one attached hydrogen (secondary N) is 1. The van der Waals surface area contributed by atoms with E-state index >= 15 is 0 Å². The van der Waals surface area contributed by atoms with Gasteiger partial charge in [0.15, 0.2) is 0 Å². The van der Waals surface area contributed by atoms with E-state index < -0.39 is 10.0 Å². The summed E-state index contributed by atoms with van der Waals surface area (Å²) >= 11 is 0. The van der Waals surface area contributed by atoms with Gasteiger partial charge >= 0.3 is 0 Å². The van der Waals surface area contributed by atoms with Gasteiger partial charge in [0.25, 0.3) is 0 Å². The lowest BCUT2D eigenvalue weighted by atomic mass is 10.1. The second kappa shape index (κ2) is 12.6. The molecule has 0 amide bonds. The Labute approximate surface area is 169 Å². The Kier molecular flexibility index (Phi) is 10.1. The van der Waals surface area contributed by atoms with Crippen LogP contribution in [-0.2, 0) is 10.0 Å². The third-order valence-electron chi connectivity index (χ3n) is 4.57. The van der Waals surface area contributed by atoms with Crippen molar-refractivity contribution in [1.29, 1.82) is 0 Å². The molecule has 1 N–H and O–H groups in total. The lowest BCUT2D eigenvalue weighted by Crippen LogP contribution is -2.27. The molecule has 0 bridgehead atoms. The first-order valence-corrected chi connectivity index (χ1v) is 11.9. The zero-order valence-corrected chi connectivity index (χ0v) is 17.7. The largest absolute Gasteiger partial charge is 0.494 e. The number of unbranched alkanes of at least 4 members (excludes halogenated alkanes) is 6. The Balaban J connectivity index is 1.53. The van der Waals surface area contributed by atoms with Crippen LogP contribution in [-0.4, -0.2) is 36.9 Å². The van der Waals surface area contributed by atoms with Crippen molar-refractivity contribution in [3.63, 3.8) is 0 Å². The molecule has 0 saturated heterocycles. The van der Waals surface area contributed by atoms with Gasteiger partial charge in [-0.15, -0.1) is 0 Å². The lowest BCUT2D eigenvalue weighted by molar-refractivity contribution is 0.307. The molecule has 0 unspecified atom stereocenters. The van der Waals surface area contributed by atoms with Gasteiger partial charge in [-0.3, -0.25) is 0 Å². The summed E-state index contributed by atoms with van der Waals surface area (Å²) in [6.45, 7) is 3.22. The number of imidazole rings is 1. The number of hydrogen-bond donors (Lipinski definition) is 1. The van der Waals surface area contributed by atoms with Crippen molar-refractivity contribution in [1.82, 2.24) is 14.3 Å². The van der Waals surface area contributed by atoms with Crippen LogP contribution < -0.4 is 9.46 Å². The maximum Gasteiger partial charge on any atom is 0.211 e. The van der Waals surface area contributed by atoms with Crippen LogP contribution in [0.3, 0.4) is 0 Å². The van der Waals surface area contributed by atoms with Crippen LogP contribution in [0.25, 0.3) is 5.69 Å². The molecular formula is C21H33N3O3S. The normalized spacial score (nSPS) is 11.6. The predicted molar refractivity (Wildman–Crippen MR) is 113 cm³/mol. The number of benzene rings is 1. The van der Waals surface area contributed by atoms with Crippen LogP contribution in [0.15, 0.2) is 43.0 Å². The van der Waals surface area contributed by atoms with Crippen molar-refractivity contribution in [3.05, 3.63) is 43.0 Å². The van der Waals surface area contributed by atoms with Crippen molar-refractivity contribution in [2.45, 2.75) is 58.3 Å². The Morgan fingerprint density at radius 2 is 1.75 bits per heavy atom. The second-order valence-corrected chi connectivity index (χ2v) is 8.93. The summed E-state index contributed by atoms with van der Waals surface area (Å²) in [6.07, 6.45) is 13.5. The van der Waals surface area contributed by atoms with E-state index in [4.69, 9.17) is 4.74 Å². The van der Waals surface area contributed by atoms with E-state index in [9.17, 15) is 8.42 Å². The topological polar surface area (TPSA) is 73.2 Å². The minimum Gasteiger partial charge on any atom is -0.494 e. The summed E-state index contributed by atoms with van der Waals surface area (Å²) in [5, 5.41) is 0. The zero-order chi connectivity index (χ0) is 20.1. The van der Waals surface area contributed by atoms with Crippen LogP contribution in [0.2, 0.25) is 0 Å². The highest BCUT2D eigenvalue weighted by Gasteiger charge is 2.08. The Bertz CT molecular complexity index is 744. The van der Waals surface area contributed by atoms with E-state index in [1.165, 1.54) is 19.3 Å². The van der Waals surface area contributed by atoms with Crippen LogP contribution in [0, 0.1) is 0 Å². The summed E-state index contributed by atoms with van der Waals surface area (Å²) in [7, 11) is -3.14. The van der Waals surface area contributed by atoms with Crippen molar-refractivity contribution < 1.29 is 13.2 Å². The number of ether oxygens (including phenoxy) is 1. The van der Waals surface area contributed by atoms with Gasteiger partial charge < -0.3 is 9.30 Å². The van der Waals surface area contributed by atoms with Crippen LogP contribution >= 0.6 is 0 Å². The molecule has 0 aliphatic carbocycles. The summed E-state index contributed by atoms with van der Waals surface area (Å²) in [5.74, 6) is 1.05. The number of hydrogen-bond acceptors (Lipinski definition) is 4. The molecule has 2 rings (SSSR count). The molecule has 1 heterocycles. The van der Waals surface area contributed by atoms with Gasteiger partial charge in [-0.25, -0.2) is 18.1 Å². The Morgan fingerprint density at radius 1 is 1.00 bits per heavy atom. The molecule has 7 heteroatoms. The average molecular weight is 408 g/mol. The molecule has 0 fully saturated rings. The second-order valence-electron chi connectivity index (χ2n) is 7.00. The summed E-state index contributed by atoms with van der Waals surface area (Å²) in [5.41, 5.74) is 1.03. The van der Waals surface area contributed by atoms with Crippen LogP contribution in [0.4, 0.5) is 0 Å². The average Bonchev–Trinajstić information content (AvgIpc) is 3.22. The fraction of sp³-hybridized carbons (Fsp3) is 0.571. The molecule has 156 valence electrons. The van der Waals surface area contributed by atoms with Gasteiger partial charge in [-0.1, -0.05) is 39.0 Å². The molecule has 0 saturated carbocycles. The van der Waals surface area contributed by atoms with Crippen LogP contribution in [0.1, 0.15) is 58.3 Å². The van der Waals surface area contributed by atoms with E-state index in [-0.39, 0.29) is 5.75 Å². The predicted octanol–water partition coefficient (Wildman–Crippen LogP) is 4.31. The summed E-state index contributed by atoms with van der Waals surface area (Å²) in [4.78, 5) is 4.03. The zero-order valence-electron chi connectivity index (χ0n) is 16.8. The van der Waals surface area contributed by atoms with E-state index in [2.05, 4.69) is 16.6 Å². The Morgan fingerprint density at radius 3 is 2.46 bits per heavy atom. The Hall–Kier alpha value is -1.86. The number of sulfonamides is 1. The molecule has 1 aromatic heterocycles. The molecular weight excluding hydrogens is 374 g/mol. The van der Waals surface area contributed by atoms with Gasteiger partial charge in [0.1, 0.15) is 5.75 Å². The highest BCUT2D eigenvalue weighted by molar-refractivity contribution is 7.89. The summed E-state index contributed by atoms with van der Waals surface area (Å²) in [6, 6.07) is 7.82. The lowest BCUT2D eigenvalue weighted by Gasteiger charge is -2.09. The number of rotatable bonds is 15. The third kappa shape index (κ3) is 8.89. The van der Waals surface area contributed by atoms with E-state index in [1.807, 2.05) is 35.0 Å². The molecule has 0 aliphatic heterocycles. The first-order chi connectivity index (χ1) is 13.6. The molecule has 28 heavy (non-hydrogen) atoms.